The normalized spacial score (nSPS) is 25.2. The number of carbonyl (C=O) groups is 4. The molecule has 2 aliphatic rings. The van der Waals surface area contributed by atoms with Crippen LogP contribution in [-0.4, -0.2) is 59.5 Å². The van der Waals surface area contributed by atoms with Gasteiger partial charge in [0.25, 0.3) is 0 Å². The average Bonchev–Trinajstić information content (AvgIpc) is 3.47. The molecule has 0 bridgehead atoms. The van der Waals surface area contributed by atoms with Gasteiger partial charge >= 0.3 is 24.1 Å². The van der Waals surface area contributed by atoms with Gasteiger partial charge in [-0.3, -0.25) is 24.2 Å². The summed E-state index contributed by atoms with van der Waals surface area (Å²) in [6, 6.07) is 7.05. The van der Waals surface area contributed by atoms with Gasteiger partial charge in [-0.2, -0.15) is 4.57 Å². The Morgan fingerprint density at radius 2 is 1.35 bits per heavy atom. The van der Waals surface area contributed by atoms with E-state index in [1.54, 1.807) is 18.3 Å². The fourth-order valence-corrected chi connectivity index (χ4v) is 5.18. The number of nitrogens with two attached hydrogens (primary N) is 2. The zero-order valence-corrected chi connectivity index (χ0v) is 27.6. The third kappa shape index (κ3) is 12.7. The number of hydrogen-bond donors (Lipinski definition) is 2. The molecule has 1 unspecified atom stereocenters. The van der Waals surface area contributed by atoms with E-state index in [2.05, 4.69) is 18.5 Å². The number of esters is 3. The molecule has 13 heteroatoms. The third-order valence-electron chi connectivity index (χ3n) is 7.51. The van der Waals surface area contributed by atoms with Crippen molar-refractivity contribution in [3.8, 4) is 0 Å². The minimum Gasteiger partial charge on any atom is -0.455 e. The highest BCUT2D eigenvalue weighted by Crippen LogP contribution is 2.35. The number of ether oxygens (including phenoxy) is 5. The first-order valence-corrected chi connectivity index (χ1v) is 15.2. The zero-order valence-electron chi connectivity index (χ0n) is 27.6. The summed E-state index contributed by atoms with van der Waals surface area (Å²) in [5.41, 5.74) is 12.4. The van der Waals surface area contributed by atoms with Crippen LogP contribution in [0.15, 0.2) is 55.6 Å². The summed E-state index contributed by atoms with van der Waals surface area (Å²) in [6.07, 6.45) is 6.53. The molecule has 8 atom stereocenters. The van der Waals surface area contributed by atoms with Crippen LogP contribution in [0, 0.1) is 11.8 Å². The van der Waals surface area contributed by atoms with Crippen LogP contribution in [0.5, 0.6) is 0 Å². The van der Waals surface area contributed by atoms with E-state index in [-0.39, 0.29) is 57.2 Å². The Balaban J connectivity index is 0.000000726. The number of hydrogen-bond acceptors (Lipinski definition) is 11. The van der Waals surface area contributed by atoms with Crippen molar-refractivity contribution in [2.24, 2.45) is 23.3 Å². The number of primary amides is 1. The molecule has 0 spiro atoms. The summed E-state index contributed by atoms with van der Waals surface area (Å²) in [5, 5.41) is 0. The number of nitrogens with zero attached hydrogens (tertiary/aromatic N) is 2. The molecule has 2 saturated heterocycles. The Morgan fingerprint density at radius 1 is 0.833 bits per heavy atom. The number of pyridine rings is 2. The van der Waals surface area contributed by atoms with Crippen LogP contribution < -0.4 is 16.0 Å². The summed E-state index contributed by atoms with van der Waals surface area (Å²) >= 11 is 0. The molecule has 2 fully saturated rings. The van der Waals surface area contributed by atoms with E-state index in [1.807, 2.05) is 49.9 Å². The highest BCUT2D eigenvalue weighted by molar-refractivity contribution is 5.92. The first-order chi connectivity index (χ1) is 21.7. The molecule has 1 amide bonds. The van der Waals surface area contributed by atoms with Crippen molar-refractivity contribution in [1.82, 2.24) is 4.98 Å². The van der Waals surface area contributed by atoms with E-state index in [0.717, 1.165) is 18.4 Å². The largest absolute Gasteiger partial charge is 0.455 e. The van der Waals surface area contributed by atoms with E-state index >= 15 is 0 Å². The Morgan fingerprint density at radius 3 is 1.81 bits per heavy atom. The molecule has 268 valence electrons. The monoisotopic (exact) mass is 675 g/mol. The summed E-state index contributed by atoms with van der Waals surface area (Å²) < 4.78 is 29.1. The Labute approximate surface area is 284 Å². The van der Waals surface area contributed by atoms with Gasteiger partial charge in [-0.1, -0.05) is 49.1 Å². The maximum absolute atomic E-state index is 11.4. The van der Waals surface area contributed by atoms with Gasteiger partial charge in [0.15, 0.2) is 24.6 Å². The van der Waals surface area contributed by atoms with E-state index < -0.39 is 30.2 Å². The smallest absolute Gasteiger partial charge is 0.305 e. The lowest BCUT2D eigenvalue weighted by atomic mass is 9.98. The SMILES string of the molecule is C.C.C=C(N)c1ccc[n+](C2O[C@H](CC)[C@@H](C)[C@H]2OC(C)=O)c1.CC[C@H]1O[C@@H](OC(C)=O)[C@H](OC(C)=O)[C@@H]1C.NC(=O)c1cccnc1. The van der Waals surface area contributed by atoms with Gasteiger partial charge in [0.2, 0.25) is 12.2 Å². The lowest BCUT2D eigenvalue weighted by molar-refractivity contribution is -0.765. The molecule has 0 aliphatic carbocycles. The zero-order chi connectivity index (χ0) is 34.6. The highest BCUT2D eigenvalue weighted by atomic mass is 16.7. The Bertz CT molecular complexity index is 1340. The minimum absolute atomic E-state index is 0. The second kappa shape index (κ2) is 20.8. The van der Waals surface area contributed by atoms with Gasteiger partial charge in [-0.15, -0.1) is 0 Å². The van der Waals surface area contributed by atoms with Crippen LogP contribution in [0.4, 0.5) is 0 Å². The molecule has 13 nitrogen and oxygen atoms in total. The van der Waals surface area contributed by atoms with Crippen molar-refractivity contribution < 1.29 is 47.4 Å². The molecule has 4 N–H and O–H groups in total. The number of carbonyl (C=O) groups excluding carboxylic acids is 4. The van der Waals surface area contributed by atoms with Crippen molar-refractivity contribution in [1.29, 1.82) is 0 Å². The van der Waals surface area contributed by atoms with Crippen LogP contribution in [0.3, 0.4) is 0 Å². The minimum atomic E-state index is -0.777. The van der Waals surface area contributed by atoms with Gasteiger partial charge < -0.3 is 35.2 Å². The Kier molecular flexibility index (Phi) is 18.9. The molecule has 4 rings (SSSR count). The third-order valence-corrected chi connectivity index (χ3v) is 7.51. The van der Waals surface area contributed by atoms with Crippen LogP contribution in [-0.2, 0) is 38.1 Å². The van der Waals surface area contributed by atoms with Gasteiger partial charge in [0, 0.05) is 56.8 Å². The molecule has 0 radical (unpaired) electrons. The topological polar surface area (TPSA) is 183 Å². The van der Waals surface area contributed by atoms with Crippen LogP contribution in [0.1, 0.15) is 98.3 Å². The van der Waals surface area contributed by atoms with Crippen LogP contribution in [0.2, 0.25) is 0 Å². The summed E-state index contributed by atoms with van der Waals surface area (Å²) in [7, 11) is 0. The van der Waals surface area contributed by atoms with Crippen molar-refractivity contribution in [2.45, 2.75) is 113 Å². The fourth-order valence-electron chi connectivity index (χ4n) is 5.18. The molecule has 2 aromatic rings. The number of rotatable bonds is 8. The molecular weight excluding hydrogens is 620 g/mol. The van der Waals surface area contributed by atoms with E-state index in [1.165, 1.54) is 27.0 Å². The lowest BCUT2D eigenvalue weighted by Crippen LogP contribution is -2.46. The summed E-state index contributed by atoms with van der Waals surface area (Å²) in [4.78, 5) is 47.3. The lowest BCUT2D eigenvalue weighted by Gasteiger charge is -2.19. The first-order valence-electron chi connectivity index (χ1n) is 15.2. The maximum Gasteiger partial charge on any atom is 0.305 e. The van der Waals surface area contributed by atoms with Crippen molar-refractivity contribution in [3.63, 3.8) is 0 Å². The molecule has 0 aromatic carbocycles. The summed E-state index contributed by atoms with van der Waals surface area (Å²) in [5.74, 6) is -1.40. The molecule has 2 aliphatic heterocycles. The maximum atomic E-state index is 11.4. The quantitative estimate of drug-likeness (QED) is 0.228. The average molecular weight is 676 g/mol. The van der Waals surface area contributed by atoms with Gasteiger partial charge in [-0.25, -0.2) is 0 Å². The van der Waals surface area contributed by atoms with Crippen molar-refractivity contribution in [3.05, 3.63) is 66.8 Å². The fraction of sp³-hybridized carbons (Fsp3) is 0.543. The molecular formula is C35H55N4O9+. The van der Waals surface area contributed by atoms with E-state index in [0.29, 0.717) is 11.3 Å². The van der Waals surface area contributed by atoms with Crippen LogP contribution >= 0.6 is 0 Å². The molecule has 48 heavy (non-hydrogen) atoms. The first kappa shape index (κ1) is 43.6. The molecule has 4 heterocycles. The highest BCUT2D eigenvalue weighted by Gasteiger charge is 2.49. The second-order valence-electron chi connectivity index (χ2n) is 11.1. The predicted molar refractivity (Wildman–Crippen MR) is 180 cm³/mol. The molecule has 0 saturated carbocycles. The van der Waals surface area contributed by atoms with Crippen molar-refractivity contribution in [2.75, 3.05) is 0 Å². The van der Waals surface area contributed by atoms with Crippen molar-refractivity contribution >= 4 is 29.5 Å². The number of aromatic nitrogens is 2. The number of amides is 1. The van der Waals surface area contributed by atoms with Gasteiger partial charge in [-0.05, 0) is 31.0 Å². The van der Waals surface area contributed by atoms with E-state index in [4.69, 9.17) is 35.2 Å². The van der Waals surface area contributed by atoms with Gasteiger partial charge in [0.05, 0.1) is 23.3 Å². The standard InChI is InChI=1S/C16H23N2O3.C11H18O5.C6H6N2O.2CH4/c1-5-14-10(2)15(20-12(4)19)16(21-14)18-8-6-7-13(9-18)11(3)17;1-5-9-6(2)10(14-7(3)12)11(16-9)15-8(4)13;7-6(9)5-2-1-3-8-4-5;;/h6-10,14-16H,3,5,17H2,1-2,4H3;6,9-11H,5H2,1-4H3;1-4H,(H2,7,9);2*1H4/q+1;;;;/t10-,14-,15-,16?;6-,9-,10-,11-;;;/m11.../s1. The Hall–Kier alpha value is -4.36. The summed E-state index contributed by atoms with van der Waals surface area (Å²) in [6.45, 7) is 15.8. The second-order valence-corrected chi connectivity index (χ2v) is 11.1. The van der Waals surface area contributed by atoms with Gasteiger partial charge in [0.1, 0.15) is 0 Å². The molecule has 2 aromatic heterocycles. The van der Waals surface area contributed by atoms with Crippen LogP contribution in [0.25, 0.3) is 5.70 Å². The predicted octanol–water partition coefficient (Wildman–Crippen LogP) is 4.48. The van der Waals surface area contributed by atoms with E-state index in [9.17, 15) is 19.2 Å².